The van der Waals surface area contributed by atoms with Crippen molar-refractivity contribution >= 4 is 17.7 Å². The van der Waals surface area contributed by atoms with Crippen LogP contribution in [0.1, 0.15) is 17.3 Å². The summed E-state index contributed by atoms with van der Waals surface area (Å²) >= 11 is 0. The predicted octanol–water partition coefficient (Wildman–Crippen LogP) is 1.43. The van der Waals surface area contributed by atoms with Gasteiger partial charge in [-0.1, -0.05) is 30.3 Å². The maximum atomic E-state index is 10.7. The average molecular weight is 274 g/mol. The summed E-state index contributed by atoms with van der Waals surface area (Å²) in [6.45, 7) is 1.49. The first-order chi connectivity index (χ1) is 9.50. The van der Waals surface area contributed by atoms with E-state index in [-0.39, 0.29) is 12.3 Å². The molecule has 6 heteroatoms. The van der Waals surface area contributed by atoms with Gasteiger partial charge in [0.2, 0.25) is 11.7 Å². The number of imidazole rings is 1. The van der Waals surface area contributed by atoms with Crippen LogP contribution in [0.3, 0.4) is 0 Å². The van der Waals surface area contributed by atoms with Crippen molar-refractivity contribution < 1.29 is 19.5 Å². The van der Waals surface area contributed by atoms with Gasteiger partial charge in [0.25, 0.3) is 0 Å². The first-order valence-corrected chi connectivity index (χ1v) is 5.79. The van der Waals surface area contributed by atoms with Gasteiger partial charge in [0, 0.05) is 25.7 Å². The number of hydrogen-bond acceptors (Lipinski definition) is 4. The number of nitrogens with zero attached hydrogens (tertiary/aromatic N) is 2. The predicted molar refractivity (Wildman–Crippen MR) is 71.3 cm³/mol. The molecule has 6 nitrogen and oxygen atoms in total. The van der Waals surface area contributed by atoms with Crippen molar-refractivity contribution in [2.24, 2.45) is 0 Å². The quantitative estimate of drug-likeness (QED) is 0.855. The normalized spacial score (nSPS) is 9.25. The molecule has 0 bridgehead atoms. The lowest BCUT2D eigenvalue weighted by Crippen LogP contribution is -2.14. The summed E-state index contributed by atoms with van der Waals surface area (Å²) in [7, 11) is 0. The van der Waals surface area contributed by atoms with Crippen molar-refractivity contribution in [2.45, 2.75) is 13.3 Å². The highest BCUT2D eigenvalue weighted by Gasteiger charge is 2.10. The summed E-state index contributed by atoms with van der Waals surface area (Å²) in [6.07, 6.45) is 4.63. The van der Waals surface area contributed by atoms with E-state index in [4.69, 9.17) is 5.11 Å². The molecule has 20 heavy (non-hydrogen) atoms. The number of aliphatic carboxylic acids is 1. The number of rotatable bonds is 3. The fraction of sp³-hybridized carbons (Fsp3) is 0.143. The van der Waals surface area contributed by atoms with Crippen molar-refractivity contribution in [2.75, 3.05) is 0 Å². The van der Waals surface area contributed by atoms with E-state index in [9.17, 15) is 14.4 Å². The highest BCUT2D eigenvalue weighted by molar-refractivity contribution is 6.33. The van der Waals surface area contributed by atoms with Crippen LogP contribution in [-0.4, -0.2) is 32.3 Å². The van der Waals surface area contributed by atoms with Crippen molar-refractivity contribution in [3.05, 3.63) is 54.6 Å². The molecule has 0 unspecified atom stereocenters. The minimum atomic E-state index is -1.38. The Bertz CT molecular complexity index is 576. The smallest absolute Gasteiger partial charge is 0.372 e. The van der Waals surface area contributed by atoms with Crippen LogP contribution in [0.5, 0.6) is 0 Å². The van der Waals surface area contributed by atoms with Gasteiger partial charge in [-0.3, -0.25) is 14.2 Å². The lowest BCUT2D eigenvalue weighted by molar-refractivity contribution is -0.148. The zero-order chi connectivity index (χ0) is 15.0. The maximum absolute atomic E-state index is 10.7. The largest absolute Gasteiger partial charge is 0.475 e. The Morgan fingerprint density at radius 2 is 1.85 bits per heavy atom. The van der Waals surface area contributed by atoms with Crippen molar-refractivity contribution in [1.29, 1.82) is 0 Å². The second kappa shape index (κ2) is 7.63. The molecular formula is C14H14N2O4. The van der Waals surface area contributed by atoms with Gasteiger partial charge < -0.3 is 5.11 Å². The molecule has 1 aromatic carbocycles. The first-order valence-electron chi connectivity index (χ1n) is 5.79. The molecular weight excluding hydrogens is 260 g/mol. The summed E-state index contributed by atoms with van der Waals surface area (Å²) in [5, 5.41) is 8.29. The van der Waals surface area contributed by atoms with Gasteiger partial charge in [0.05, 0.1) is 0 Å². The van der Waals surface area contributed by atoms with E-state index in [1.165, 1.54) is 17.8 Å². The maximum Gasteiger partial charge on any atom is 0.372 e. The summed E-state index contributed by atoms with van der Waals surface area (Å²) in [5.74, 6) is -2.16. The Morgan fingerprint density at radius 1 is 1.20 bits per heavy atom. The van der Waals surface area contributed by atoms with Crippen LogP contribution < -0.4 is 0 Å². The van der Waals surface area contributed by atoms with E-state index in [2.05, 4.69) is 4.98 Å². The van der Waals surface area contributed by atoms with E-state index < -0.39 is 11.8 Å². The number of hydrogen-bond donors (Lipinski definition) is 1. The fourth-order valence-corrected chi connectivity index (χ4v) is 1.30. The lowest BCUT2D eigenvalue weighted by Gasteiger charge is -1.94. The SMILES string of the molecule is CC(=O)n1ccnc1.O=C(O)C(=O)Cc1ccccc1. The minimum absolute atomic E-state index is 0.0116. The molecule has 0 fully saturated rings. The number of benzene rings is 1. The van der Waals surface area contributed by atoms with Gasteiger partial charge in [-0.2, -0.15) is 0 Å². The number of carbonyl (C=O) groups is 3. The summed E-state index contributed by atoms with van der Waals surface area (Å²) < 4.78 is 1.42. The number of carboxylic acid groups (broad SMARTS) is 1. The Kier molecular flexibility index (Phi) is 5.83. The van der Waals surface area contributed by atoms with Crippen LogP contribution in [0.4, 0.5) is 0 Å². The first kappa shape index (κ1) is 15.3. The van der Waals surface area contributed by atoms with E-state index >= 15 is 0 Å². The van der Waals surface area contributed by atoms with E-state index in [1.807, 2.05) is 6.07 Å². The topological polar surface area (TPSA) is 89.3 Å². The number of ketones is 1. The highest BCUT2D eigenvalue weighted by atomic mass is 16.4. The summed E-state index contributed by atoms with van der Waals surface area (Å²) in [6, 6.07) is 8.80. The van der Waals surface area contributed by atoms with Gasteiger partial charge in [-0.25, -0.2) is 9.78 Å². The molecule has 2 aromatic rings. The monoisotopic (exact) mass is 274 g/mol. The third kappa shape index (κ3) is 5.26. The van der Waals surface area contributed by atoms with Crippen LogP contribution in [-0.2, 0) is 16.0 Å². The summed E-state index contributed by atoms with van der Waals surface area (Å²) in [5.41, 5.74) is 0.727. The molecule has 104 valence electrons. The second-order valence-electron chi connectivity index (χ2n) is 3.88. The van der Waals surface area contributed by atoms with Gasteiger partial charge >= 0.3 is 5.97 Å². The van der Waals surface area contributed by atoms with Crippen LogP contribution >= 0.6 is 0 Å². The van der Waals surface area contributed by atoms with Crippen LogP contribution in [0.15, 0.2) is 49.1 Å². The van der Waals surface area contributed by atoms with Gasteiger partial charge in [0.15, 0.2) is 0 Å². The number of Topliss-reactive ketones (excluding diaryl/α,β-unsaturated/α-hetero) is 1. The van der Waals surface area contributed by atoms with E-state index in [1.54, 1.807) is 36.7 Å². The molecule has 0 saturated carbocycles. The molecule has 0 saturated heterocycles. The summed E-state index contributed by atoms with van der Waals surface area (Å²) in [4.78, 5) is 35.0. The van der Waals surface area contributed by atoms with Crippen molar-refractivity contribution in [3.63, 3.8) is 0 Å². The molecule has 0 aliphatic rings. The van der Waals surface area contributed by atoms with Crippen LogP contribution in [0, 0.1) is 0 Å². The molecule has 0 atom stereocenters. The number of carboxylic acids is 1. The van der Waals surface area contributed by atoms with Crippen LogP contribution in [0.25, 0.3) is 0 Å². The van der Waals surface area contributed by atoms with Crippen molar-refractivity contribution in [1.82, 2.24) is 9.55 Å². The van der Waals surface area contributed by atoms with E-state index in [0.29, 0.717) is 0 Å². The third-order valence-electron chi connectivity index (χ3n) is 2.31. The Labute approximate surface area is 115 Å². The fourth-order valence-electron chi connectivity index (χ4n) is 1.30. The van der Waals surface area contributed by atoms with Crippen molar-refractivity contribution in [3.8, 4) is 0 Å². The second-order valence-corrected chi connectivity index (χ2v) is 3.88. The minimum Gasteiger partial charge on any atom is -0.475 e. The Balaban J connectivity index is 0.000000217. The molecule has 1 aromatic heterocycles. The zero-order valence-corrected chi connectivity index (χ0v) is 10.9. The highest BCUT2D eigenvalue weighted by Crippen LogP contribution is 1.99. The molecule has 0 amide bonds. The molecule has 1 heterocycles. The molecule has 0 aliphatic carbocycles. The standard InChI is InChI=1S/C9H8O3.C5H6N2O/c10-8(9(11)12)6-7-4-2-1-3-5-7;1-5(8)7-3-2-6-4-7/h1-5H,6H2,(H,11,12);2-4H,1H3. The van der Waals surface area contributed by atoms with E-state index in [0.717, 1.165) is 5.56 Å². The zero-order valence-electron chi connectivity index (χ0n) is 10.9. The Morgan fingerprint density at radius 3 is 2.25 bits per heavy atom. The molecule has 0 spiro atoms. The molecule has 1 N–H and O–H groups in total. The number of aromatic nitrogens is 2. The van der Waals surface area contributed by atoms with Crippen LogP contribution in [0.2, 0.25) is 0 Å². The lowest BCUT2D eigenvalue weighted by atomic mass is 10.1. The Hall–Kier alpha value is -2.76. The average Bonchev–Trinajstić information content (AvgIpc) is 2.94. The van der Waals surface area contributed by atoms with Gasteiger partial charge in [0.1, 0.15) is 6.33 Å². The van der Waals surface area contributed by atoms with Gasteiger partial charge in [-0.05, 0) is 5.56 Å². The third-order valence-corrected chi connectivity index (χ3v) is 2.31. The molecule has 2 rings (SSSR count). The molecule has 0 radical (unpaired) electrons. The molecule has 0 aliphatic heterocycles. The number of carbonyl (C=O) groups excluding carboxylic acids is 2. The van der Waals surface area contributed by atoms with Gasteiger partial charge in [-0.15, -0.1) is 0 Å².